The number of anilines is 1. The van der Waals surface area contributed by atoms with Gasteiger partial charge >= 0.3 is 6.03 Å². The number of carbonyl (C=O) groups excluding carboxylic acids is 2. The van der Waals surface area contributed by atoms with Crippen LogP contribution in [-0.2, 0) is 17.6 Å². The van der Waals surface area contributed by atoms with Crippen molar-refractivity contribution in [2.24, 2.45) is 0 Å². The Bertz CT molecular complexity index is 1140. The van der Waals surface area contributed by atoms with E-state index in [4.69, 9.17) is 0 Å². The van der Waals surface area contributed by atoms with Gasteiger partial charge in [-0.1, -0.05) is 68.3 Å². The van der Waals surface area contributed by atoms with Gasteiger partial charge < -0.3 is 15.1 Å². The predicted octanol–water partition coefficient (Wildman–Crippen LogP) is 5.95. The van der Waals surface area contributed by atoms with Crippen LogP contribution in [0.3, 0.4) is 0 Å². The number of amides is 3. The number of rotatable bonds is 7. The van der Waals surface area contributed by atoms with Crippen LogP contribution >= 0.6 is 31.9 Å². The zero-order valence-electron chi connectivity index (χ0n) is 19.3. The summed E-state index contributed by atoms with van der Waals surface area (Å²) in [4.78, 5) is 28.9. The Balaban J connectivity index is 1.46. The Hall–Kier alpha value is -2.71. The molecule has 182 valence electrons. The Kier molecular flexibility index (Phi) is 8.23. The number of halogens is 3. The average Bonchev–Trinajstić information content (AvgIpc) is 3.20. The number of nitrogens with zero attached hydrogens (tertiary/aromatic N) is 2. The summed E-state index contributed by atoms with van der Waals surface area (Å²) in [6, 6.07) is 21.6. The van der Waals surface area contributed by atoms with Crippen molar-refractivity contribution in [3.63, 3.8) is 0 Å². The third kappa shape index (κ3) is 6.49. The molecule has 1 heterocycles. The molecule has 1 aliphatic heterocycles. The number of para-hydroxylation sites is 1. The third-order valence-electron chi connectivity index (χ3n) is 6.23. The second kappa shape index (κ2) is 11.4. The molecule has 0 aromatic heterocycles. The molecular formula is C27H26Br2FN3O2. The van der Waals surface area contributed by atoms with E-state index in [2.05, 4.69) is 37.2 Å². The van der Waals surface area contributed by atoms with Crippen molar-refractivity contribution in [3.8, 4) is 0 Å². The second-order valence-corrected chi connectivity index (χ2v) is 10.6. The zero-order chi connectivity index (χ0) is 24.9. The van der Waals surface area contributed by atoms with Crippen LogP contribution in [0.15, 0.2) is 81.7 Å². The molecule has 8 heteroatoms. The number of urea groups is 1. The molecule has 1 unspecified atom stereocenters. The van der Waals surface area contributed by atoms with E-state index in [-0.39, 0.29) is 36.6 Å². The van der Waals surface area contributed by atoms with Crippen molar-refractivity contribution < 1.29 is 14.0 Å². The van der Waals surface area contributed by atoms with Crippen molar-refractivity contribution in [1.82, 2.24) is 10.2 Å². The van der Waals surface area contributed by atoms with Crippen LogP contribution < -0.4 is 10.2 Å². The lowest BCUT2D eigenvalue weighted by molar-refractivity contribution is -0.117. The maximum absolute atomic E-state index is 14.2. The first-order chi connectivity index (χ1) is 16.8. The number of nitrogens with one attached hydrogen (secondary N) is 1. The summed E-state index contributed by atoms with van der Waals surface area (Å²) in [5.41, 5.74) is 2.49. The van der Waals surface area contributed by atoms with Gasteiger partial charge in [-0.2, -0.15) is 0 Å². The second-order valence-electron chi connectivity index (χ2n) is 8.73. The van der Waals surface area contributed by atoms with E-state index in [1.807, 2.05) is 48.5 Å². The van der Waals surface area contributed by atoms with Crippen LogP contribution in [0.4, 0.5) is 14.9 Å². The molecule has 1 fully saturated rings. The normalized spacial score (nSPS) is 15.5. The Morgan fingerprint density at radius 1 is 1.00 bits per heavy atom. The van der Waals surface area contributed by atoms with Crippen molar-refractivity contribution >= 4 is 49.5 Å². The minimum Gasteiger partial charge on any atom is -0.333 e. The number of hydrogen-bond donors (Lipinski definition) is 1. The molecule has 0 bridgehead atoms. The third-order valence-corrected chi connectivity index (χ3v) is 7.29. The fourth-order valence-corrected chi connectivity index (χ4v) is 4.81. The van der Waals surface area contributed by atoms with Gasteiger partial charge in [0.1, 0.15) is 5.82 Å². The van der Waals surface area contributed by atoms with E-state index >= 15 is 0 Å². The molecule has 1 atom stereocenters. The first-order valence-corrected chi connectivity index (χ1v) is 13.0. The highest BCUT2D eigenvalue weighted by Crippen LogP contribution is 2.25. The molecule has 0 radical (unpaired) electrons. The molecule has 1 saturated heterocycles. The van der Waals surface area contributed by atoms with Gasteiger partial charge in [0.2, 0.25) is 5.91 Å². The lowest BCUT2D eigenvalue weighted by atomic mass is 9.98. The van der Waals surface area contributed by atoms with E-state index in [1.54, 1.807) is 30.1 Å². The molecule has 0 aliphatic carbocycles. The summed E-state index contributed by atoms with van der Waals surface area (Å²) < 4.78 is 16.2. The Labute approximate surface area is 221 Å². The highest BCUT2D eigenvalue weighted by Gasteiger charge is 2.34. The highest BCUT2D eigenvalue weighted by atomic mass is 79.9. The molecule has 5 nitrogen and oxygen atoms in total. The summed E-state index contributed by atoms with van der Waals surface area (Å²) in [6.45, 7) is 0.240. The predicted molar refractivity (Wildman–Crippen MR) is 143 cm³/mol. The summed E-state index contributed by atoms with van der Waals surface area (Å²) in [6.07, 6.45) is 1.49. The number of hydrogen-bond acceptors (Lipinski definition) is 2. The number of benzene rings is 3. The monoisotopic (exact) mass is 601 g/mol. The van der Waals surface area contributed by atoms with Gasteiger partial charge in [-0.15, -0.1) is 0 Å². The first-order valence-electron chi connectivity index (χ1n) is 11.4. The van der Waals surface area contributed by atoms with Crippen LogP contribution in [0.2, 0.25) is 0 Å². The summed E-state index contributed by atoms with van der Waals surface area (Å²) in [7, 11) is 1.78. The summed E-state index contributed by atoms with van der Waals surface area (Å²) >= 11 is 6.94. The topological polar surface area (TPSA) is 52.7 Å². The van der Waals surface area contributed by atoms with E-state index in [0.717, 1.165) is 20.1 Å². The van der Waals surface area contributed by atoms with Gasteiger partial charge in [0.05, 0.1) is 11.7 Å². The van der Waals surface area contributed by atoms with E-state index < -0.39 is 11.9 Å². The maximum atomic E-state index is 14.2. The van der Waals surface area contributed by atoms with Crippen molar-refractivity contribution in [2.45, 2.75) is 31.3 Å². The number of likely N-dealkylation sites (N-methyl/N-ethyl adjacent to an activating group) is 1. The first kappa shape index (κ1) is 25.4. The van der Waals surface area contributed by atoms with E-state index in [0.29, 0.717) is 12.8 Å². The van der Waals surface area contributed by atoms with Crippen LogP contribution in [0.1, 0.15) is 17.5 Å². The van der Waals surface area contributed by atoms with Gasteiger partial charge in [0.25, 0.3) is 0 Å². The lowest BCUT2D eigenvalue weighted by Gasteiger charge is -2.30. The number of carbonyl (C=O) groups is 2. The lowest BCUT2D eigenvalue weighted by Crippen LogP contribution is -2.49. The molecule has 3 aromatic carbocycles. The molecule has 0 spiro atoms. The van der Waals surface area contributed by atoms with E-state index in [9.17, 15) is 14.0 Å². The SMILES string of the molecule is CN(C(=O)NC1CC(=O)N(c2ccccc2F)C1)C(Cc1ccc(Br)cc1)Cc1ccc(Br)cc1. The zero-order valence-corrected chi connectivity index (χ0v) is 22.4. The van der Waals surface area contributed by atoms with Gasteiger partial charge in [-0.05, 0) is 60.4 Å². The largest absolute Gasteiger partial charge is 0.333 e. The van der Waals surface area contributed by atoms with Crippen LogP contribution in [0, 0.1) is 5.82 Å². The average molecular weight is 603 g/mol. The van der Waals surface area contributed by atoms with Crippen molar-refractivity contribution in [3.05, 3.63) is 98.7 Å². The Morgan fingerprint density at radius 2 is 1.54 bits per heavy atom. The minimum absolute atomic E-state index is 0.0999. The molecule has 0 saturated carbocycles. The van der Waals surface area contributed by atoms with Gasteiger partial charge in [-0.25, -0.2) is 9.18 Å². The fraction of sp³-hybridized carbons (Fsp3) is 0.259. The summed E-state index contributed by atoms with van der Waals surface area (Å²) in [5, 5.41) is 2.99. The van der Waals surface area contributed by atoms with Gasteiger partial charge in [0, 0.05) is 35.0 Å². The smallest absolute Gasteiger partial charge is 0.317 e. The molecule has 1 aliphatic rings. The standard InChI is InChI=1S/C27H26Br2FN3O2/c1-32(27(35)31-22-16-26(34)33(17-22)25-5-3-2-4-24(25)30)23(14-18-6-10-20(28)11-7-18)15-19-8-12-21(29)13-9-19/h2-13,22-23H,14-17H2,1H3,(H,31,35). The Morgan fingerprint density at radius 3 is 2.09 bits per heavy atom. The summed E-state index contributed by atoms with van der Waals surface area (Å²) in [5.74, 6) is -0.654. The van der Waals surface area contributed by atoms with Crippen LogP contribution in [0.5, 0.6) is 0 Å². The quantitative estimate of drug-likeness (QED) is 0.363. The molecular weight excluding hydrogens is 577 g/mol. The molecule has 3 aromatic rings. The van der Waals surface area contributed by atoms with Crippen molar-refractivity contribution in [2.75, 3.05) is 18.5 Å². The maximum Gasteiger partial charge on any atom is 0.317 e. The van der Waals surface area contributed by atoms with Gasteiger partial charge in [-0.3, -0.25) is 4.79 Å². The van der Waals surface area contributed by atoms with Gasteiger partial charge in [0.15, 0.2) is 0 Å². The fourth-order valence-electron chi connectivity index (χ4n) is 4.28. The molecule has 3 amide bonds. The van der Waals surface area contributed by atoms with Crippen molar-refractivity contribution in [1.29, 1.82) is 0 Å². The minimum atomic E-state index is -0.450. The highest BCUT2D eigenvalue weighted by molar-refractivity contribution is 9.10. The van der Waals surface area contributed by atoms with E-state index in [1.165, 1.54) is 11.0 Å². The van der Waals surface area contributed by atoms with Crippen LogP contribution in [0.25, 0.3) is 0 Å². The molecule has 4 rings (SSSR count). The molecule has 1 N–H and O–H groups in total. The van der Waals surface area contributed by atoms with Crippen LogP contribution in [-0.4, -0.2) is 42.5 Å². The molecule has 35 heavy (non-hydrogen) atoms.